The number of nitrogens with one attached hydrogen (secondary N) is 1. The monoisotopic (exact) mass is 126 g/mol. The van der Waals surface area contributed by atoms with Gasteiger partial charge in [-0.15, -0.1) is 0 Å². The molecule has 0 unspecified atom stereocenters. The third kappa shape index (κ3) is 2.85. The predicted molar refractivity (Wildman–Crippen MR) is 35.0 cm³/mol. The first kappa shape index (κ1) is 6.26. The van der Waals surface area contributed by atoms with Crippen LogP contribution in [0.5, 0.6) is 0 Å². The average Bonchev–Trinajstić information content (AvgIpc) is 2.63. The highest BCUT2D eigenvalue weighted by Gasteiger charge is 2.19. The van der Waals surface area contributed by atoms with E-state index in [0.717, 1.165) is 12.3 Å². The summed E-state index contributed by atoms with van der Waals surface area (Å²) in [5, 5.41) is 3.63. The van der Waals surface area contributed by atoms with E-state index < -0.39 is 0 Å². The highest BCUT2D eigenvalue weighted by atomic mass is 16.1. The molecule has 0 heterocycles. The van der Waals surface area contributed by atoms with Crippen molar-refractivity contribution in [2.24, 2.45) is 11.0 Å². The second-order valence-corrected chi connectivity index (χ2v) is 2.24. The topological polar surface area (TPSA) is 41.5 Å². The number of rotatable bonds is 4. The minimum atomic E-state index is 0.573. The number of amides is 1. The van der Waals surface area contributed by atoms with Crippen LogP contribution in [0.25, 0.3) is 0 Å². The van der Waals surface area contributed by atoms with Gasteiger partial charge in [-0.25, -0.2) is 0 Å². The Balaban J connectivity index is 1.94. The lowest BCUT2D eigenvalue weighted by Crippen LogP contribution is -1.99. The zero-order valence-electron chi connectivity index (χ0n) is 5.21. The number of hydrogen-bond donors (Lipinski definition) is 1. The van der Waals surface area contributed by atoms with Crippen LogP contribution in [0.1, 0.15) is 19.3 Å². The second kappa shape index (κ2) is 3.22. The molecule has 0 aliphatic heterocycles. The predicted octanol–water partition coefficient (Wildman–Crippen LogP) is 0.518. The molecule has 0 saturated heterocycles. The van der Waals surface area contributed by atoms with Gasteiger partial charge in [0.2, 0.25) is 6.41 Å². The Morgan fingerprint density at radius 1 is 1.67 bits per heavy atom. The van der Waals surface area contributed by atoms with Gasteiger partial charge < -0.3 is 0 Å². The Morgan fingerprint density at radius 2 is 2.44 bits per heavy atom. The molecule has 0 aromatic heterocycles. The molecular weight excluding hydrogens is 116 g/mol. The third-order valence-electron chi connectivity index (χ3n) is 1.35. The van der Waals surface area contributed by atoms with Gasteiger partial charge in [-0.2, -0.15) is 5.10 Å². The Kier molecular flexibility index (Phi) is 2.24. The van der Waals surface area contributed by atoms with Crippen LogP contribution in [0.3, 0.4) is 0 Å². The highest BCUT2D eigenvalue weighted by molar-refractivity contribution is 5.59. The molecule has 0 bridgehead atoms. The largest absolute Gasteiger partial charge is 0.277 e. The van der Waals surface area contributed by atoms with Gasteiger partial charge in [-0.3, -0.25) is 10.2 Å². The molecular formula is C6H10N2O. The van der Waals surface area contributed by atoms with Crippen molar-refractivity contribution in [1.82, 2.24) is 5.43 Å². The highest BCUT2D eigenvalue weighted by Crippen LogP contribution is 2.31. The first-order chi connectivity index (χ1) is 4.43. The Bertz CT molecular complexity index is 118. The van der Waals surface area contributed by atoms with Crippen molar-refractivity contribution in [3.8, 4) is 0 Å². The fraction of sp³-hybridized carbons (Fsp3) is 0.667. The van der Waals surface area contributed by atoms with Crippen LogP contribution >= 0.6 is 0 Å². The second-order valence-electron chi connectivity index (χ2n) is 2.24. The summed E-state index contributed by atoms with van der Waals surface area (Å²) in [4.78, 5) is 9.64. The van der Waals surface area contributed by atoms with Crippen LogP contribution in [-0.4, -0.2) is 12.6 Å². The van der Waals surface area contributed by atoms with E-state index in [1.165, 1.54) is 12.8 Å². The van der Waals surface area contributed by atoms with Crippen LogP contribution < -0.4 is 5.43 Å². The fourth-order valence-corrected chi connectivity index (χ4v) is 0.638. The molecule has 3 heteroatoms. The minimum absolute atomic E-state index is 0.573. The van der Waals surface area contributed by atoms with E-state index in [-0.39, 0.29) is 0 Å². The van der Waals surface area contributed by atoms with Crippen molar-refractivity contribution < 1.29 is 4.79 Å². The number of carbonyl (C=O) groups is 1. The summed E-state index contributed by atoms with van der Waals surface area (Å²) in [7, 11) is 0. The summed E-state index contributed by atoms with van der Waals surface area (Å²) in [5.74, 6) is 0.849. The molecule has 1 rings (SSSR count). The molecule has 1 saturated carbocycles. The average molecular weight is 126 g/mol. The van der Waals surface area contributed by atoms with Crippen molar-refractivity contribution >= 4 is 12.6 Å². The third-order valence-corrected chi connectivity index (χ3v) is 1.35. The van der Waals surface area contributed by atoms with E-state index in [1.54, 1.807) is 6.21 Å². The normalized spacial score (nSPS) is 18.2. The van der Waals surface area contributed by atoms with Gasteiger partial charge in [0.1, 0.15) is 0 Å². The van der Waals surface area contributed by atoms with Gasteiger partial charge in [0, 0.05) is 6.21 Å². The molecule has 50 valence electrons. The number of carbonyl (C=O) groups excluding carboxylic acids is 1. The van der Waals surface area contributed by atoms with Crippen LogP contribution in [0.15, 0.2) is 5.10 Å². The van der Waals surface area contributed by atoms with Crippen molar-refractivity contribution in [2.45, 2.75) is 19.3 Å². The summed E-state index contributed by atoms with van der Waals surface area (Å²) < 4.78 is 0. The molecule has 1 aliphatic carbocycles. The van der Waals surface area contributed by atoms with Crippen molar-refractivity contribution in [1.29, 1.82) is 0 Å². The van der Waals surface area contributed by atoms with Gasteiger partial charge in [0.05, 0.1) is 0 Å². The lowest BCUT2D eigenvalue weighted by molar-refractivity contribution is -0.109. The Labute approximate surface area is 54.1 Å². The molecule has 0 spiro atoms. The summed E-state index contributed by atoms with van der Waals surface area (Å²) in [6, 6.07) is 0. The van der Waals surface area contributed by atoms with Gasteiger partial charge >= 0.3 is 0 Å². The van der Waals surface area contributed by atoms with Crippen molar-refractivity contribution in [3.05, 3.63) is 0 Å². The summed E-state index contributed by atoms with van der Waals surface area (Å²) >= 11 is 0. The zero-order chi connectivity index (χ0) is 6.53. The molecule has 3 nitrogen and oxygen atoms in total. The molecule has 1 N–H and O–H groups in total. The standard InChI is InChI=1S/C6H10N2O/c9-5-8-7-4-3-6-1-2-6/h4-6H,1-3H2,(H,8,9). The number of nitrogens with zero attached hydrogens (tertiary/aromatic N) is 1. The summed E-state index contributed by atoms with van der Waals surface area (Å²) in [5.41, 5.74) is 2.22. The fourth-order valence-electron chi connectivity index (χ4n) is 0.638. The van der Waals surface area contributed by atoms with Crippen molar-refractivity contribution in [3.63, 3.8) is 0 Å². The molecule has 1 aliphatic rings. The maximum Gasteiger partial charge on any atom is 0.227 e. The van der Waals surface area contributed by atoms with E-state index >= 15 is 0 Å². The zero-order valence-corrected chi connectivity index (χ0v) is 5.21. The molecule has 0 atom stereocenters. The quantitative estimate of drug-likeness (QED) is 0.333. The van der Waals surface area contributed by atoms with Crippen LogP contribution in [0.4, 0.5) is 0 Å². The lowest BCUT2D eigenvalue weighted by atomic mass is 10.3. The van der Waals surface area contributed by atoms with Gasteiger partial charge in [0.25, 0.3) is 0 Å². The van der Waals surface area contributed by atoms with Crippen LogP contribution in [-0.2, 0) is 4.79 Å². The van der Waals surface area contributed by atoms with Crippen molar-refractivity contribution in [2.75, 3.05) is 0 Å². The number of hydrazone groups is 1. The van der Waals surface area contributed by atoms with E-state index in [2.05, 4.69) is 10.5 Å². The van der Waals surface area contributed by atoms with E-state index in [9.17, 15) is 4.79 Å². The lowest BCUT2D eigenvalue weighted by Gasteiger charge is -1.84. The van der Waals surface area contributed by atoms with E-state index in [4.69, 9.17) is 0 Å². The van der Waals surface area contributed by atoms with E-state index in [1.807, 2.05) is 0 Å². The molecule has 0 aromatic rings. The molecule has 9 heavy (non-hydrogen) atoms. The summed E-state index contributed by atoms with van der Waals surface area (Å²) in [6.45, 7) is 0. The maximum absolute atomic E-state index is 9.64. The molecule has 1 fully saturated rings. The van der Waals surface area contributed by atoms with E-state index in [0.29, 0.717) is 6.41 Å². The smallest absolute Gasteiger partial charge is 0.227 e. The Hall–Kier alpha value is -0.860. The van der Waals surface area contributed by atoms with Gasteiger partial charge in [-0.05, 0) is 25.2 Å². The summed E-state index contributed by atoms with van der Waals surface area (Å²) in [6.07, 6.45) is 6.00. The van der Waals surface area contributed by atoms with Crippen LogP contribution in [0, 0.1) is 5.92 Å². The first-order valence-corrected chi connectivity index (χ1v) is 3.14. The Morgan fingerprint density at radius 3 is 3.00 bits per heavy atom. The van der Waals surface area contributed by atoms with Crippen LogP contribution in [0.2, 0.25) is 0 Å². The molecule has 0 aromatic carbocycles. The molecule has 0 radical (unpaired) electrons. The number of hydrogen-bond acceptors (Lipinski definition) is 2. The van der Waals surface area contributed by atoms with Gasteiger partial charge in [0.15, 0.2) is 0 Å². The SMILES string of the molecule is O=CNN=CCC1CC1. The maximum atomic E-state index is 9.64. The van der Waals surface area contributed by atoms with Gasteiger partial charge in [-0.1, -0.05) is 0 Å². The molecule has 1 amide bonds. The minimum Gasteiger partial charge on any atom is -0.277 e. The first-order valence-electron chi connectivity index (χ1n) is 3.14.